The van der Waals surface area contributed by atoms with Crippen LogP contribution in [-0.4, -0.2) is 18.8 Å². The van der Waals surface area contributed by atoms with Gasteiger partial charge in [0.15, 0.2) is 0 Å². The summed E-state index contributed by atoms with van der Waals surface area (Å²) in [6, 6.07) is 7.15. The van der Waals surface area contributed by atoms with E-state index in [-0.39, 0.29) is 0 Å². The number of hydrogen-bond acceptors (Lipinski definition) is 3. The molecule has 0 aliphatic carbocycles. The molecule has 0 fully saturated rings. The first-order chi connectivity index (χ1) is 5.74. The van der Waals surface area contributed by atoms with Crippen LogP contribution in [0.25, 0.3) is 0 Å². The van der Waals surface area contributed by atoms with E-state index in [0.717, 1.165) is 5.56 Å². The Kier molecular flexibility index (Phi) is 3.08. The Morgan fingerprint density at radius 3 is 2.92 bits per heavy atom. The molecule has 1 aromatic carbocycles. The minimum Gasteiger partial charge on any atom is -0.399 e. The van der Waals surface area contributed by atoms with E-state index in [2.05, 4.69) is 0 Å². The average molecular weight is 167 g/mol. The molecule has 0 saturated heterocycles. The molecule has 1 atom stereocenters. The van der Waals surface area contributed by atoms with E-state index < -0.39 is 6.10 Å². The van der Waals surface area contributed by atoms with Crippen molar-refractivity contribution < 1.29 is 9.84 Å². The zero-order chi connectivity index (χ0) is 8.97. The van der Waals surface area contributed by atoms with Crippen LogP contribution in [0.1, 0.15) is 11.7 Å². The molecule has 3 heteroatoms. The molecule has 0 spiro atoms. The van der Waals surface area contributed by atoms with Gasteiger partial charge in [-0.2, -0.15) is 0 Å². The summed E-state index contributed by atoms with van der Waals surface area (Å²) in [4.78, 5) is 0. The number of nitrogen functional groups attached to an aromatic ring is 1. The minimum absolute atomic E-state index is 0.295. The molecule has 1 aromatic rings. The molecule has 0 aliphatic heterocycles. The lowest BCUT2D eigenvalue weighted by atomic mass is 10.1. The summed E-state index contributed by atoms with van der Waals surface area (Å²) >= 11 is 0. The molecule has 3 nitrogen and oxygen atoms in total. The van der Waals surface area contributed by atoms with E-state index in [1.165, 1.54) is 0 Å². The normalized spacial score (nSPS) is 12.8. The topological polar surface area (TPSA) is 55.5 Å². The molecule has 0 aliphatic rings. The maximum absolute atomic E-state index is 9.46. The molecule has 1 unspecified atom stereocenters. The Morgan fingerprint density at radius 2 is 2.33 bits per heavy atom. The number of rotatable bonds is 3. The maximum Gasteiger partial charge on any atom is 0.102 e. The van der Waals surface area contributed by atoms with Gasteiger partial charge in [0.05, 0.1) is 6.61 Å². The van der Waals surface area contributed by atoms with E-state index in [1.54, 1.807) is 19.2 Å². The average Bonchev–Trinajstić information content (AvgIpc) is 2.05. The van der Waals surface area contributed by atoms with Crippen molar-refractivity contribution in [3.63, 3.8) is 0 Å². The van der Waals surface area contributed by atoms with Crippen LogP contribution in [0.4, 0.5) is 5.69 Å². The number of hydrogen-bond donors (Lipinski definition) is 2. The van der Waals surface area contributed by atoms with Gasteiger partial charge in [0, 0.05) is 12.8 Å². The molecular weight excluding hydrogens is 154 g/mol. The van der Waals surface area contributed by atoms with Crippen molar-refractivity contribution >= 4 is 5.69 Å². The van der Waals surface area contributed by atoms with Crippen LogP contribution in [0.15, 0.2) is 24.3 Å². The van der Waals surface area contributed by atoms with Gasteiger partial charge in [0.25, 0.3) is 0 Å². The van der Waals surface area contributed by atoms with Crippen molar-refractivity contribution in [3.8, 4) is 0 Å². The summed E-state index contributed by atoms with van der Waals surface area (Å²) in [5.41, 5.74) is 6.98. The number of nitrogens with two attached hydrogens (primary N) is 1. The fourth-order valence-electron chi connectivity index (χ4n) is 1.02. The van der Waals surface area contributed by atoms with Gasteiger partial charge in [-0.25, -0.2) is 0 Å². The van der Waals surface area contributed by atoms with Crippen LogP contribution in [0, 0.1) is 0 Å². The Labute approximate surface area is 71.8 Å². The summed E-state index contributed by atoms with van der Waals surface area (Å²) in [7, 11) is 1.55. The third kappa shape index (κ3) is 2.22. The fourth-order valence-corrected chi connectivity index (χ4v) is 1.02. The van der Waals surface area contributed by atoms with Crippen LogP contribution in [0.5, 0.6) is 0 Å². The second-order valence-corrected chi connectivity index (χ2v) is 2.64. The highest BCUT2D eigenvalue weighted by atomic mass is 16.5. The smallest absolute Gasteiger partial charge is 0.102 e. The van der Waals surface area contributed by atoms with Gasteiger partial charge < -0.3 is 15.6 Å². The number of benzene rings is 1. The molecule has 0 radical (unpaired) electrons. The molecule has 66 valence electrons. The number of anilines is 1. The highest BCUT2D eigenvalue weighted by Gasteiger charge is 2.05. The third-order valence-electron chi connectivity index (χ3n) is 1.62. The Morgan fingerprint density at radius 1 is 1.58 bits per heavy atom. The van der Waals surface area contributed by atoms with Gasteiger partial charge in [-0.3, -0.25) is 0 Å². The zero-order valence-electron chi connectivity index (χ0n) is 7.03. The largest absolute Gasteiger partial charge is 0.399 e. The molecule has 0 saturated carbocycles. The molecule has 0 heterocycles. The predicted octanol–water partition coefficient (Wildman–Crippen LogP) is 0.949. The minimum atomic E-state index is -0.585. The first-order valence-electron chi connectivity index (χ1n) is 3.76. The van der Waals surface area contributed by atoms with Gasteiger partial charge in [-0.15, -0.1) is 0 Å². The summed E-state index contributed by atoms with van der Waals surface area (Å²) in [6.07, 6.45) is -0.585. The quantitative estimate of drug-likeness (QED) is 0.659. The highest BCUT2D eigenvalue weighted by molar-refractivity contribution is 5.41. The molecule has 0 aromatic heterocycles. The number of aliphatic hydroxyl groups is 1. The van der Waals surface area contributed by atoms with Gasteiger partial charge in [0.2, 0.25) is 0 Å². The van der Waals surface area contributed by atoms with E-state index in [4.69, 9.17) is 10.5 Å². The third-order valence-corrected chi connectivity index (χ3v) is 1.62. The van der Waals surface area contributed by atoms with Gasteiger partial charge >= 0.3 is 0 Å². The van der Waals surface area contributed by atoms with Gasteiger partial charge in [0.1, 0.15) is 6.10 Å². The standard InChI is InChI=1S/C9H13NO2/c1-12-6-9(11)7-3-2-4-8(10)5-7/h2-5,9,11H,6,10H2,1H3. The Bertz CT molecular complexity index is 250. The van der Waals surface area contributed by atoms with Crippen LogP contribution in [0.3, 0.4) is 0 Å². The molecular formula is C9H13NO2. The fraction of sp³-hybridized carbons (Fsp3) is 0.333. The van der Waals surface area contributed by atoms with E-state index in [0.29, 0.717) is 12.3 Å². The van der Waals surface area contributed by atoms with Crippen molar-refractivity contribution in [2.75, 3.05) is 19.5 Å². The number of methoxy groups -OCH3 is 1. The first-order valence-corrected chi connectivity index (χ1v) is 3.76. The predicted molar refractivity (Wildman–Crippen MR) is 47.7 cm³/mol. The number of ether oxygens (including phenoxy) is 1. The summed E-state index contributed by atoms with van der Waals surface area (Å²) in [6.45, 7) is 0.295. The molecule has 12 heavy (non-hydrogen) atoms. The second-order valence-electron chi connectivity index (χ2n) is 2.64. The lowest BCUT2D eigenvalue weighted by molar-refractivity contribution is 0.0644. The first kappa shape index (κ1) is 9.03. The van der Waals surface area contributed by atoms with Gasteiger partial charge in [-0.1, -0.05) is 12.1 Å². The summed E-state index contributed by atoms with van der Waals surface area (Å²) in [5.74, 6) is 0. The van der Waals surface area contributed by atoms with Crippen molar-refractivity contribution in [2.45, 2.75) is 6.10 Å². The summed E-state index contributed by atoms with van der Waals surface area (Å²) in [5, 5.41) is 9.46. The maximum atomic E-state index is 9.46. The van der Waals surface area contributed by atoms with Crippen molar-refractivity contribution in [3.05, 3.63) is 29.8 Å². The van der Waals surface area contributed by atoms with E-state index in [1.807, 2.05) is 12.1 Å². The molecule has 0 bridgehead atoms. The lowest BCUT2D eigenvalue weighted by Gasteiger charge is -2.09. The molecule has 3 N–H and O–H groups in total. The van der Waals surface area contributed by atoms with Gasteiger partial charge in [-0.05, 0) is 17.7 Å². The van der Waals surface area contributed by atoms with Crippen molar-refractivity contribution in [2.24, 2.45) is 0 Å². The Balaban J connectivity index is 2.73. The van der Waals surface area contributed by atoms with Crippen LogP contribution in [-0.2, 0) is 4.74 Å². The van der Waals surface area contributed by atoms with E-state index in [9.17, 15) is 5.11 Å². The van der Waals surface area contributed by atoms with E-state index >= 15 is 0 Å². The lowest BCUT2D eigenvalue weighted by Crippen LogP contribution is -2.05. The number of aliphatic hydroxyl groups excluding tert-OH is 1. The molecule has 1 rings (SSSR count). The van der Waals surface area contributed by atoms with Crippen molar-refractivity contribution in [1.82, 2.24) is 0 Å². The molecule has 0 amide bonds. The summed E-state index contributed by atoms with van der Waals surface area (Å²) < 4.78 is 4.81. The zero-order valence-corrected chi connectivity index (χ0v) is 7.03. The Hall–Kier alpha value is -1.06. The van der Waals surface area contributed by atoms with Crippen LogP contribution < -0.4 is 5.73 Å². The van der Waals surface area contributed by atoms with Crippen LogP contribution >= 0.6 is 0 Å². The van der Waals surface area contributed by atoms with Crippen LogP contribution in [0.2, 0.25) is 0 Å². The highest BCUT2D eigenvalue weighted by Crippen LogP contribution is 2.15. The monoisotopic (exact) mass is 167 g/mol. The second kappa shape index (κ2) is 4.09. The van der Waals surface area contributed by atoms with Crippen molar-refractivity contribution in [1.29, 1.82) is 0 Å². The SMILES string of the molecule is COCC(O)c1cccc(N)c1.